The number of benzene rings is 1. The van der Waals surface area contributed by atoms with Crippen molar-refractivity contribution in [2.45, 2.75) is 37.0 Å². The third kappa shape index (κ3) is 3.72. The van der Waals surface area contributed by atoms with Crippen LogP contribution in [0.3, 0.4) is 0 Å². The highest BCUT2D eigenvalue weighted by molar-refractivity contribution is 7.91. The molecule has 1 aliphatic rings. The number of ether oxygens (including phenoxy) is 1. The van der Waals surface area contributed by atoms with Crippen LogP contribution < -0.4 is 10.5 Å². The van der Waals surface area contributed by atoms with Gasteiger partial charge in [0.2, 0.25) is 0 Å². The molecule has 0 aromatic heterocycles. The zero-order valence-electron chi connectivity index (χ0n) is 11.5. The van der Waals surface area contributed by atoms with Gasteiger partial charge in [-0.3, -0.25) is 5.41 Å². The lowest BCUT2D eigenvalue weighted by atomic mass is 9.97. The summed E-state index contributed by atoms with van der Waals surface area (Å²) in [7, 11) is -2.99. The SMILES string of the molecule is CS(=O)(=O)C1CCCC(Oc2ccc(C(=N)N)cc2)C1. The Morgan fingerprint density at radius 2 is 1.95 bits per heavy atom. The molecule has 0 amide bonds. The summed E-state index contributed by atoms with van der Waals surface area (Å²) in [5.41, 5.74) is 6.04. The van der Waals surface area contributed by atoms with E-state index >= 15 is 0 Å². The number of hydrogen-bond donors (Lipinski definition) is 2. The average molecular weight is 296 g/mol. The number of nitrogens with two attached hydrogens (primary N) is 1. The van der Waals surface area contributed by atoms with E-state index < -0.39 is 9.84 Å². The lowest BCUT2D eigenvalue weighted by molar-refractivity contribution is 0.156. The normalized spacial score (nSPS) is 23.2. The van der Waals surface area contributed by atoms with Crippen molar-refractivity contribution in [1.29, 1.82) is 5.41 Å². The van der Waals surface area contributed by atoms with E-state index in [1.54, 1.807) is 24.3 Å². The van der Waals surface area contributed by atoms with Gasteiger partial charge in [-0.05, 0) is 43.5 Å². The first kappa shape index (κ1) is 14.8. The maximum atomic E-state index is 11.6. The lowest BCUT2D eigenvalue weighted by Gasteiger charge is -2.28. The molecule has 1 saturated carbocycles. The third-order valence-corrected chi connectivity index (χ3v) is 5.29. The number of nitrogens with one attached hydrogen (secondary N) is 1. The largest absolute Gasteiger partial charge is 0.490 e. The Morgan fingerprint density at radius 3 is 2.50 bits per heavy atom. The van der Waals surface area contributed by atoms with Crippen molar-refractivity contribution in [3.63, 3.8) is 0 Å². The zero-order chi connectivity index (χ0) is 14.8. The van der Waals surface area contributed by atoms with Crippen LogP contribution in [-0.4, -0.2) is 31.9 Å². The average Bonchev–Trinajstić information content (AvgIpc) is 2.38. The van der Waals surface area contributed by atoms with Crippen LogP contribution in [0, 0.1) is 5.41 Å². The lowest BCUT2D eigenvalue weighted by Crippen LogP contribution is -2.33. The first-order valence-corrected chi connectivity index (χ1v) is 8.61. The summed E-state index contributed by atoms with van der Waals surface area (Å²) in [5, 5.41) is 7.03. The Labute approximate surface area is 119 Å². The van der Waals surface area contributed by atoms with Crippen molar-refractivity contribution < 1.29 is 13.2 Å². The second kappa shape index (κ2) is 5.83. The molecule has 3 N–H and O–H groups in total. The van der Waals surface area contributed by atoms with Crippen molar-refractivity contribution in [3.8, 4) is 5.75 Å². The second-order valence-electron chi connectivity index (χ2n) is 5.30. The Balaban J connectivity index is 2.01. The van der Waals surface area contributed by atoms with E-state index in [0.717, 1.165) is 19.3 Å². The number of sulfone groups is 1. The van der Waals surface area contributed by atoms with Crippen LogP contribution in [0.25, 0.3) is 0 Å². The number of hydrogen-bond acceptors (Lipinski definition) is 4. The maximum absolute atomic E-state index is 11.6. The minimum absolute atomic E-state index is 0.0198. The van der Waals surface area contributed by atoms with Gasteiger partial charge in [-0.1, -0.05) is 0 Å². The van der Waals surface area contributed by atoms with Crippen molar-refractivity contribution in [1.82, 2.24) is 0 Å². The molecule has 1 fully saturated rings. The fourth-order valence-electron chi connectivity index (χ4n) is 2.50. The highest BCUT2D eigenvalue weighted by atomic mass is 32.2. The van der Waals surface area contributed by atoms with Crippen molar-refractivity contribution in [2.75, 3.05) is 6.26 Å². The van der Waals surface area contributed by atoms with Crippen LogP contribution >= 0.6 is 0 Å². The van der Waals surface area contributed by atoms with Crippen molar-refractivity contribution in [2.24, 2.45) is 5.73 Å². The van der Waals surface area contributed by atoms with Crippen LogP contribution in [0.4, 0.5) is 0 Å². The smallest absolute Gasteiger partial charge is 0.150 e. The Hall–Kier alpha value is -1.56. The highest BCUT2D eigenvalue weighted by Crippen LogP contribution is 2.27. The van der Waals surface area contributed by atoms with Gasteiger partial charge >= 0.3 is 0 Å². The molecule has 1 aliphatic carbocycles. The van der Waals surface area contributed by atoms with Gasteiger partial charge in [-0.25, -0.2) is 8.42 Å². The Kier molecular flexibility index (Phi) is 4.32. The van der Waals surface area contributed by atoms with Crippen molar-refractivity contribution in [3.05, 3.63) is 29.8 Å². The molecule has 20 heavy (non-hydrogen) atoms. The molecule has 6 heteroatoms. The van der Waals surface area contributed by atoms with Gasteiger partial charge in [0.1, 0.15) is 21.4 Å². The molecular weight excluding hydrogens is 276 g/mol. The standard InChI is InChI=1S/C14H20N2O3S/c1-20(17,18)13-4-2-3-12(9-13)19-11-7-5-10(6-8-11)14(15)16/h5-8,12-13H,2-4,9H2,1H3,(H3,15,16). The molecule has 1 aromatic carbocycles. The first-order valence-electron chi connectivity index (χ1n) is 6.66. The highest BCUT2D eigenvalue weighted by Gasteiger charge is 2.29. The molecule has 0 radical (unpaired) electrons. The molecule has 110 valence electrons. The molecule has 1 aromatic rings. The Bertz CT molecular complexity index is 581. The van der Waals surface area contributed by atoms with Gasteiger partial charge < -0.3 is 10.5 Å². The van der Waals surface area contributed by atoms with Crippen LogP contribution in [0.15, 0.2) is 24.3 Å². The van der Waals surface area contributed by atoms with Gasteiger partial charge in [0.25, 0.3) is 0 Å². The summed E-state index contributed by atoms with van der Waals surface area (Å²) in [6.07, 6.45) is 4.25. The topological polar surface area (TPSA) is 93.2 Å². The van der Waals surface area contributed by atoms with E-state index in [1.807, 2.05) is 0 Å². The molecular formula is C14H20N2O3S. The zero-order valence-corrected chi connectivity index (χ0v) is 12.3. The fraction of sp³-hybridized carbons (Fsp3) is 0.500. The van der Waals surface area contributed by atoms with Gasteiger partial charge in [-0.15, -0.1) is 0 Å². The van der Waals surface area contributed by atoms with Gasteiger partial charge in [0.05, 0.1) is 11.4 Å². The van der Waals surface area contributed by atoms with Crippen LogP contribution in [-0.2, 0) is 9.84 Å². The summed E-state index contributed by atoms with van der Waals surface area (Å²) in [6.45, 7) is 0. The van der Waals surface area contributed by atoms with Crippen LogP contribution in [0.5, 0.6) is 5.75 Å². The summed E-state index contributed by atoms with van der Waals surface area (Å²) < 4.78 is 29.1. The monoisotopic (exact) mass is 296 g/mol. The minimum Gasteiger partial charge on any atom is -0.490 e. The predicted molar refractivity (Wildman–Crippen MR) is 79.0 cm³/mol. The molecule has 2 unspecified atom stereocenters. The number of rotatable bonds is 4. The number of amidine groups is 1. The Morgan fingerprint density at radius 1 is 1.30 bits per heavy atom. The summed E-state index contributed by atoms with van der Waals surface area (Å²) in [4.78, 5) is 0. The quantitative estimate of drug-likeness (QED) is 0.653. The fourth-order valence-corrected chi connectivity index (χ4v) is 3.66. The van der Waals surface area contributed by atoms with E-state index in [9.17, 15) is 8.42 Å². The van der Waals surface area contributed by atoms with E-state index in [1.165, 1.54) is 6.26 Å². The molecule has 0 bridgehead atoms. The first-order chi connectivity index (χ1) is 9.36. The second-order valence-corrected chi connectivity index (χ2v) is 7.62. The summed E-state index contributed by atoms with van der Waals surface area (Å²) in [6, 6.07) is 6.99. The van der Waals surface area contributed by atoms with E-state index in [0.29, 0.717) is 17.7 Å². The van der Waals surface area contributed by atoms with Crippen LogP contribution in [0.2, 0.25) is 0 Å². The van der Waals surface area contributed by atoms with Gasteiger partial charge in [0, 0.05) is 18.2 Å². The predicted octanol–water partition coefficient (Wildman–Crippen LogP) is 1.71. The third-order valence-electron chi connectivity index (χ3n) is 3.65. The summed E-state index contributed by atoms with van der Waals surface area (Å²) in [5.74, 6) is 0.709. The van der Waals surface area contributed by atoms with E-state index in [4.69, 9.17) is 15.9 Å². The molecule has 0 saturated heterocycles. The molecule has 5 nitrogen and oxygen atoms in total. The summed E-state index contributed by atoms with van der Waals surface area (Å²) >= 11 is 0. The molecule has 0 heterocycles. The molecule has 2 atom stereocenters. The van der Waals surface area contributed by atoms with Crippen molar-refractivity contribution >= 4 is 15.7 Å². The maximum Gasteiger partial charge on any atom is 0.150 e. The molecule has 0 spiro atoms. The van der Waals surface area contributed by atoms with E-state index in [-0.39, 0.29) is 17.2 Å². The minimum atomic E-state index is -2.99. The van der Waals surface area contributed by atoms with Gasteiger partial charge in [-0.2, -0.15) is 0 Å². The number of nitrogen functional groups attached to an aromatic ring is 1. The van der Waals surface area contributed by atoms with Crippen LogP contribution in [0.1, 0.15) is 31.2 Å². The molecule has 2 rings (SSSR count). The molecule has 0 aliphatic heterocycles. The van der Waals surface area contributed by atoms with E-state index in [2.05, 4.69) is 0 Å². The van der Waals surface area contributed by atoms with Gasteiger partial charge in [0.15, 0.2) is 0 Å².